The average molecular weight is 388 g/mol. The number of likely N-dealkylation sites (N-methyl/N-ethyl adjacent to an activating group) is 1. The Morgan fingerprint density at radius 2 is 1.81 bits per heavy atom. The van der Waals surface area contributed by atoms with E-state index in [-0.39, 0.29) is 6.04 Å². The van der Waals surface area contributed by atoms with Crippen molar-refractivity contribution in [3.8, 4) is 0 Å². The molecule has 0 fully saturated rings. The smallest absolute Gasteiger partial charge is 0.0640 e. The molecule has 2 nitrogen and oxygen atoms in total. The third kappa shape index (κ3) is 4.21. The van der Waals surface area contributed by atoms with Crippen molar-refractivity contribution in [1.82, 2.24) is 4.90 Å². The first kappa shape index (κ1) is 16.8. The molecule has 112 valence electrons. The van der Waals surface area contributed by atoms with Crippen LogP contribution in [0, 0.1) is 0 Å². The third-order valence-electron chi connectivity index (χ3n) is 3.44. The average Bonchev–Trinajstić information content (AvgIpc) is 2.47. The van der Waals surface area contributed by atoms with Gasteiger partial charge < -0.3 is 5.73 Å². The van der Waals surface area contributed by atoms with Crippen molar-refractivity contribution in [1.29, 1.82) is 0 Å². The van der Waals surface area contributed by atoms with Crippen molar-refractivity contribution in [3.05, 3.63) is 68.1 Å². The molecule has 0 aromatic heterocycles. The van der Waals surface area contributed by atoms with E-state index < -0.39 is 0 Å². The van der Waals surface area contributed by atoms with Gasteiger partial charge in [-0.3, -0.25) is 4.90 Å². The van der Waals surface area contributed by atoms with Crippen molar-refractivity contribution in [2.75, 3.05) is 13.6 Å². The summed E-state index contributed by atoms with van der Waals surface area (Å²) in [5.41, 5.74) is 8.14. The van der Waals surface area contributed by atoms with Gasteiger partial charge in [0.2, 0.25) is 0 Å². The van der Waals surface area contributed by atoms with Crippen LogP contribution in [-0.2, 0) is 6.54 Å². The van der Waals surface area contributed by atoms with E-state index in [4.69, 9.17) is 28.9 Å². The van der Waals surface area contributed by atoms with Crippen molar-refractivity contribution in [2.45, 2.75) is 12.6 Å². The molecule has 0 saturated carbocycles. The van der Waals surface area contributed by atoms with E-state index in [1.807, 2.05) is 31.3 Å². The van der Waals surface area contributed by atoms with Gasteiger partial charge in [0.1, 0.15) is 0 Å². The highest BCUT2D eigenvalue weighted by atomic mass is 79.9. The van der Waals surface area contributed by atoms with Crippen molar-refractivity contribution < 1.29 is 0 Å². The number of hydrogen-bond acceptors (Lipinski definition) is 2. The summed E-state index contributed by atoms with van der Waals surface area (Å²) < 4.78 is 1.07. The Kier molecular flexibility index (Phi) is 6.08. The SMILES string of the molecule is CN(Cc1ccc(Br)cc1)C(CN)c1cccc(Cl)c1Cl. The van der Waals surface area contributed by atoms with Crippen molar-refractivity contribution in [2.24, 2.45) is 5.73 Å². The lowest BCUT2D eigenvalue weighted by atomic mass is 10.0. The minimum atomic E-state index is 0.0276. The second kappa shape index (κ2) is 7.61. The molecule has 2 rings (SSSR count). The molecule has 21 heavy (non-hydrogen) atoms. The molecule has 5 heteroatoms. The highest BCUT2D eigenvalue weighted by Crippen LogP contribution is 2.32. The Hall–Kier alpha value is -0.580. The van der Waals surface area contributed by atoms with Crippen LogP contribution < -0.4 is 5.73 Å². The molecular formula is C16H17BrCl2N2. The molecule has 0 bridgehead atoms. The summed E-state index contributed by atoms with van der Waals surface area (Å²) in [6.07, 6.45) is 0. The molecule has 2 aromatic rings. The van der Waals surface area contributed by atoms with Crippen LogP contribution in [0.1, 0.15) is 17.2 Å². The number of hydrogen-bond donors (Lipinski definition) is 1. The first-order valence-electron chi connectivity index (χ1n) is 6.61. The van der Waals surface area contributed by atoms with Gasteiger partial charge in [-0.1, -0.05) is 63.4 Å². The number of halogens is 3. The summed E-state index contributed by atoms with van der Waals surface area (Å²) in [7, 11) is 2.04. The maximum Gasteiger partial charge on any atom is 0.0640 e. The Morgan fingerprint density at radius 1 is 1.14 bits per heavy atom. The van der Waals surface area contributed by atoms with E-state index in [1.165, 1.54) is 5.56 Å². The summed E-state index contributed by atoms with van der Waals surface area (Å²) in [5.74, 6) is 0. The molecule has 0 aliphatic heterocycles. The predicted molar refractivity (Wildman–Crippen MR) is 93.9 cm³/mol. The molecule has 2 N–H and O–H groups in total. The highest BCUT2D eigenvalue weighted by molar-refractivity contribution is 9.10. The second-order valence-corrected chi connectivity index (χ2v) is 6.64. The third-order valence-corrected chi connectivity index (χ3v) is 4.80. The van der Waals surface area contributed by atoms with Crippen LogP contribution >= 0.6 is 39.1 Å². The van der Waals surface area contributed by atoms with E-state index in [1.54, 1.807) is 6.07 Å². The number of nitrogens with two attached hydrogens (primary N) is 1. The lowest BCUT2D eigenvalue weighted by Crippen LogP contribution is -2.30. The molecule has 0 amide bonds. The largest absolute Gasteiger partial charge is 0.329 e. The van der Waals surface area contributed by atoms with Crippen LogP contribution in [0.5, 0.6) is 0 Å². The van der Waals surface area contributed by atoms with Gasteiger partial charge in [0, 0.05) is 23.6 Å². The van der Waals surface area contributed by atoms with Gasteiger partial charge in [0.15, 0.2) is 0 Å². The Morgan fingerprint density at radius 3 is 2.43 bits per heavy atom. The van der Waals surface area contributed by atoms with Gasteiger partial charge in [-0.05, 0) is 36.4 Å². The molecule has 0 saturated heterocycles. The molecule has 1 unspecified atom stereocenters. The Labute approximate surface area is 144 Å². The van der Waals surface area contributed by atoms with Gasteiger partial charge in [-0.2, -0.15) is 0 Å². The first-order chi connectivity index (χ1) is 10.0. The van der Waals surface area contributed by atoms with Crippen LogP contribution in [-0.4, -0.2) is 18.5 Å². The number of benzene rings is 2. The van der Waals surface area contributed by atoms with Crippen LogP contribution in [0.2, 0.25) is 10.0 Å². The fourth-order valence-corrected chi connectivity index (χ4v) is 3.01. The van der Waals surface area contributed by atoms with Crippen LogP contribution in [0.3, 0.4) is 0 Å². The van der Waals surface area contributed by atoms with Crippen LogP contribution in [0.15, 0.2) is 46.9 Å². The van der Waals surface area contributed by atoms with Crippen LogP contribution in [0.25, 0.3) is 0 Å². The fourth-order valence-electron chi connectivity index (χ4n) is 2.31. The molecule has 0 aliphatic carbocycles. The lowest BCUT2D eigenvalue weighted by molar-refractivity contribution is 0.242. The standard InChI is InChI=1S/C16H17BrCl2N2/c1-21(10-11-5-7-12(17)8-6-11)15(9-20)13-3-2-4-14(18)16(13)19/h2-8,15H,9-10,20H2,1H3. The molecule has 2 aromatic carbocycles. The minimum Gasteiger partial charge on any atom is -0.329 e. The molecule has 0 heterocycles. The summed E-state index contributed by atoms with van der Waals surface area (Å²) in [6.45, 7) is 1.27. The Balaban J connectivity index is 2.20. The van der Waals surface area contributed by atoms with Crippen molar-refractivity contribution in [3.63, 3.8) is 0 Å². The maximum absolute atomic E-state index is 6.31. The summed E-state index contributed by atoms with van der Waals surface area (Å²) in [4.78, 5) is 2.18. The molecule has 0 spiro atoms. The van der Waals surface area contributed by atoms with E-state index in [0.717, 1.165) is 16.6 Å². The van der Waals surface area contributed by atoms with E-state index in [9.17, 15) is 0 Å². The van der Waals surface area contributed by atoms with Gasteiger partial charge in [-0.25, -0.2) is 0 Å². The second-order valence-electron chi connectivity index (χ2n) is 4.94. The normalized spacial score (nSPS) is 12.7. The van der Waals surface area contributed by atoms with E-state index in [0.29, 0.717) is 16.6 Å². The zero-order chi connectivity index (χ0) is 15.4. The topological polar surface area (TPSA) is 29.3 Å². The zero-order valence-electron chi connectivity index (χ0n) is 11.7. The lowest BCUT2D eigenvalue weighted by Gasteiger charge is -2.28. The van der Waals surface area contributed by atoms with Gasteiger partial charge in [-0.15, -0.1) is 0 Å². The quantitative estimate of drug-likeness (QED) is 0.791. The zero-order valence-corrected chi connectivity index (χ0v) is 14.8. The minimum absolute atomic E-state index is 0.0276. The van der Waals surface area contributed by atoms with E-state index >= 15 is 0 Å². The van der Waals surface area contributed by atoms with Gasteiger partial charge in [0.25, 0.3) is 0 Å². The summed E-state index contributed by atoms with van der Waals surface area (Å²) in [5, 5.41) is 1.14. The predicted octanol–water partition coefficient (Wildman–Crippen LogP) is 4.89. The van der Waals surface area contributed by atoms with Gasteiger partial charge >= 0.3 is 0 Å². The molecular weight excluding hydrogens is 371 g/mol. The van der Waals surface area contributed by atoms with Crippen molar-refractivity contribution >= 4 is 39.1 Å². The van der Waals surface area contributed by atoms with Crippen LogP contribution in [0.4, 0.5) is 0 Å². The van der Waals surface area contributed by atoms with E-state index in [2.05, 4.69) is 33.0 Å². The molecule has 1 atom stereocenters. The molecule has 0 radical (unpaired) electrons. The molecule has 0 aliphatic rings. The number of rotatable bonds is 5. The summed E-state index contributed by atoms with van der Waals surface area (Å²) >= 11 is 15.9. The number of nitrogens with zero attached hydrogens (tertiary/aromatic N) is 1. The fraction of sp³-hybridized carbons (Fsp3) is 0.250. The first-order valence-corrected chi connectivity index (χ1v) is 8.16. The maximum atomic E-state index is 6.31. The van der Waals surface area contributed by atoms with Gasteiger partial charge in [0.05, 0.1) is 10.0 Å². The monoisotopic (exact) mass is 386 g/mol. The summed E-state index contributed by atoms with van der Waals surface area (Å²) in [6, 6.07) is 13.9. The highest BCUT2D eigenvalue weighted by Gasteiger charge is 2.19. The Bertz CT molecular complexity index is 602.